The molecule has 0 saturated carbocycles. The summed E-state index contributed by atoms with van der Waals surface area (Å²) in [6.07, 6.45) is 0. The Morgan fingerprint density at radius 3 is 1.83 bits per heavy atom. The fourth-order valence-corrected chi connectivity index (χ4v) is 9.68. The van der Waals surface area contributed by atoms with E-state index < -0.39 is 0 Å². The van der Waals surface area contributed by atoms with Crippen molar-refractivity contribution in [3.63, 3.8) is 0 Å². The van der Waals surface area contributed by atoms with Crippen LogP contribution in [0, 0.1) is 0 Å². The number of para-hydroxylation sites is 1. The van der Waals surface area contributed by atoms with Crippen molar-refractivity contribution in [3.05, 3.63) is 169 Å². The van der Waals surface area contributed by atoms with E-state index in [0.717, 1.165) is 27.8 Å². The Hall–Kier alpha value is -6.43. The lowest BCUT2D eigenvalue weighted by Gasteiger charge is -2.21. The molecule has 0 atom stereocenters. The molecule has 7 aromatic carbocycles. The molecule has 0 amide bonds. The molecule has 0 radical (unpaired) electrons. The van der Waals surface area contributed by atoms with Crippen molar-refractivity contribution in [1.29, 1.82) is 0 Å². The summed E-state index contributed by atoms with van der Waals surface area (Å²) in [5, 5.41) is 4.86. The second-order valence-corrected chi connectivity index (χ2v) is 15.5. The summed E-state index contributed by atoms with van der Waals surface area (Å²) in [6, 6.07) is 56.4. The lowest BCUT2D eigenvalue weighted by atomic mass is 9.82. The Labute approximate surface area is 310 Å². The van der Waals surface area contributed by atoms with Crippen LogP contribution in [0.15, 0.2) is 158 Å². The molecule has 1 aliphatic rings. The van der Waals surface area contributed by atoms with Crippen LogP contribution in [0.1, 0.15) is 25.0 Å². The van der Waals surface area contributed by atoms with Gasteiger partial charge in [0, 0.05) is 58.7 Å². The van der Waals surface area contributed by atoms with Gasteiger partial charge >= 0.3 is 0 Å². The van der Waals surface area contributed by atoms with E-state index in [-0.39, 0.29) is 5.41 Å². The molecule has 0 fully saturated rings. The molecule has 0 bridgehead atoms. The van der Waals surface area contributed by atoms with E-state index in [1.807, 2.05) is 47.7 Å². The topological polar surface area (TPSA) is 43.6 Å². The van der Waals surface area contributed by atoms with Crippen LogP contribution in [0.5, 0.6) is 0 Å². The Balaban J connectivity index is 1.23. The van der Waals surface area contributed by atoms with E-state index in [4.69, 9.17) is 15.0 Å². The monoisotopic (exact) mass is 696 g/mol. The molecule has 10 aromatic rings. The number of rotatable bonds is 4. The summed E-state index contributed by atoms with van der Waals surface area (Å²) in [7, 11) is 0. The predicted molar refractivity (Wildman–Crippen MR) is 221 cm³/mol. The summed E-state index contributed by atoms with van der Waals surface area (Å²) < 4.78 is 4.89. The van der Waals surface area contributed by atoms with Crippen molar-refractivity contribution in [2.24, 2.45) is 0 Å². The van der Waals surface area contributed by atoms with Gasteiger partial charge in [-0.15, -0.1) is 11.3 Å². The lowest BCUT2D eigenvalue weighted by molar-refractivity contribution is 0.661. The first-order chi connectivity index (χ1) is 26.0. The van der Waals surface area contributed by atoms with Crippen LogP contribution in [-0.2, 0) is 5.41 Å². The highest BCUT2D eigenvalue weighted by atomic mass is 32.1. The molecular weight excluding hydrogens is 665 g/mol. The highest BCUT2D eigenvalue weighted by Gasteiger charge is 2.36. The average Bonchev–Trinajstić information content (AvgIpc) is 3.82. The molecule has 250 valence electrons. The second kappa shape index (κ2) is 11.3. The SMILES string of the molecule is CC1(C)c2ccccc2-c2cc3c4ccccc4n(-c4cc(-c5nc(-c6ccccc6)nc(-c6ccccc6)n5)c5c(c4)sc4ccccc45)c3cc21. The van der Waals surface area contributed by atoms with E-state index >= 15 is 0 Å². The normalized spacial score (nSPS) is 13.2. The van der Waals surface area contributed by atoms with E-state index in [0.29, 0.717) is 17.5 Å². The fraction of sp³-hybridized carbons (Fsp3) is 0.0625. The first-order valence-electron chi connectivity index (χ1n) is 18.0. The molecule has 0 spiro atoms. The van der Waals surface area contributed by atoms with Crippen LogP contribution >= 0.6 is 11.3 Å². The van der Waals surface area contributed by atoms with Gasteiger partial charge in [0.15, 0.2) is 17.5 Å². The van der Waals surface area contributed by atoms with Crippen LogP contribution in [-0.4, -0.2) is 19.5 Å². The predicted octanol–water partition coefficient (Wildman–Crippen LogP) is 12.6. The lowest BCUT2D eigenvalue weighted by Crippen LogP contribution is -2.14. The minimum Gasteiger partial charge on any atom is -0.309 e. The summed E-state index contributed by atoms with van der Waals surface area (Å²) in [6.45, 7) is 4.71. The number of hydrogen-bond donors (Lipinski definition) is 0. The fourth-order valence-electron chi connectivity index (χ4n) is 8.52. The molecule has 0 aliphatic heterocycles. The Morgan fingerprint density at radius 1 is 0.453 bits per heavy atom. The molecule has 0 N–H and O–H groups in total. The summed E-state index contributed by atoms with van der Waals surface area (Å²) in [5.74, 6) is 1.97. The standard InChI is InChI=1S/C48H32N4S/c1-48(2)38-22-12-9-19-32(38)35-27-36-33-20-10-13-23-40(33)52(41(36)28-39(35)48)31-25-37(44-34-21-11-14-24-42(34)53-43(44)26-31)47-50-45(29-15-5-3-6-16-29)49-46(51-47)30-17-7-4-8-18-30/h3-28H,1-2H3. The van der Waals surface area contributed by atoms with Gasteiger partial charge in [0.05, 0.1) is 11.0 Å². The van der Waals surface area contributed by atoms with E-state index in [1.54, 1.807) is 0 Å². The quantitative estimate of drug-likeness (QED) is 0.184. The van der Waals surface area contributed by atoms with E-state index in [1.165, 1.54) is 58.8 Å². The zero-order chi connectivity index (χ0) is 35.3. The maximum atomic E-state index is 5.25. The van der Waals surface area contributed by atoms with Gasteiger partial charge in [-0.05, 0) is 58.7 Å². The summed E-state index contributed by atoms with van der Waals surface area (Å²) in [4.78, 5) is 15.5. The van der Waals surface area contributed by atoms with Gasteiger partial charge in [0.2, 0.25) is 0 Å². The number of benzene rings is 7. The van der Waals surface area contributed by atoms with Crippen LogP contribution < -0.4 is 0 Å². The first kappa shape index (κ1) is 30.2. The van der Waals surface area contributed by atoms with Crippen molar-refractivity contribution in [1.82, 2.24) is 19.5 Å². The molecule has 3 heterocycles. The summed E-state index contributed by atoms with van der Waals surface area (Å²) in [5.41, 5.74) is 11.6. The van der Waals surface area contributed by atoms with Crippen LogP contribution in [0.2, 0.25) is 0 Å². The van der Waals surface area contributed by atoms with E-state index in [9.17, 15) is 0 Å². The number of thiophene rings is 1. The van der Waals surface area contributed by atoms with Crippen LogP contribution in [0.3, 0.4) is 0 Å². The number of fused-ring (bicyclic) bond motifs is 9. The molecule has 0 unspecified atom stereocenters. The van der Waals surface area contributed by atoms with Gasteiger partial charge in [-0.1, -0.05) is 135 Å². The zero-order valence-corrected chi connectivity index (χ0v) is 30.0. The van der Waals surface area contributed by atoms with Crippen molar-refractivity contribution in [3.8, 4) is 51.0 Å². The number of aromatic nitrogens is 4. The average molecular weight is 697 g/mol. The first-order valence-corrected chi connectivity index (χ1v) is 18.9. The summed E-state index contributed by atoms with van der Waals surface area (Å²) >= 11 is 1.82. The maximum absolute atomic E-state index is 5.25. The number of nitrogens with zero attached hydrogens (tertiary/aromatic N) is 4. The van der Waals surface area contributed by atoms with Crippen molar-refractivity contribution in [2.75, 3.05) is 0 Å². The third kappa shape index (κ3) is 4.51. The highest BCUT2D eigenvalue weighted by Crippen LogP contribution is 2.51. The molecule has 1 aliphatic carbocycles. The zero-order valence-electron chi connectivity index (χ0n) is 29.2. The van der Waals surface area contributed by atoms with Crippen LogP contribution in [0.25, 0.3) is 93.0 Å². The van der Waals surface area contributed by atoms with Gasteiger partial charge < -0.3 is 4.57 Å². The van der Waals surface area contributed by atoms with Gasteiger partial charge in [0.1, 0.15) is 0 Å². The smallest absolute Gasteiger partial charge is 0.164 e. The molecular formula is C48H32N4S. The third-order valence-electron chi connectivity index (χ3n) is 11.0. The Bertz CT molecular complexity index is 3020. The Morgan fingerprint density at radius 2 is 1.08 bits per heavy atom. The van der Waals surface area contributed by atoms with Crippen molar-refractivity contribution in [2.45, 2.75) is 19.3 Å². The largest absolute Gasteiger partial charge is 0.309 e. The molecule has 3 aromatic heterocycles. The molecule has 0 saturated heterocycles. The maximum Gasteiger partial charge on any atom is 0.164 e. The number of hydrogen-bond acceptors (Lipinski definition) is 4. The minimum absolute atomic E-state index is 0.117. The molecule has 53 heavy (non-hydrogen) atoms. The molecule has 11 rings (SSSR count). The molecule has 4 nitrogen and oxygen atoms in total. The van der Waals surface area contributed by atoms with Gasteiger partial charge in [-0.3, -0.25) is 0 Å². The van der Waals surface area contributed by atoms with E-state index in [2.05, 4.69) is 140 Å². The van der Waals surface area contributed by atoms with Crippen molar-refractivity contribution < 1.29 is 0 Å². The molecule has 5 heteroatoms. The highest BCUT2D eigenvalue weighted by molar-refractivity contribution is 7.26. The van der Waals surface area contributed by atoms with Gasteiger partial charge in [-0.2, -0.15) is 0 Å². The Kier molecular flexibility index (Phi) is 6.43. The van der Waals surface area contributed by atoms with Crippen LogP contribution in [0.4, 0.5) is 0 Å². The third-order valence-corrected chi connectivity index (χ3v) is 12.2. The second-order valence-electron chi connectivity index (χ2n) is 14.4. The minimum atomic E-state index is -0.117. The van der Waals surface area contributed by atoms with Gasteiger partial charge in [-0.25, -0.2) is 15.0 Å². The van der Waals surface area contributed by atoms with Gasteiger partial charge in [0.25, 0.3) is 0 Å². The van der Waals surface area contributed by atoms with Crippen molar-refractivity contribution >= 4 is 53.3 Å².